The molecule has 1 atom stereocenters. The highest BCUT2D eigenvalue weighted by Gasteiger charge is 2.03. The van der Waals surface area contributed by atoms with Crippen LogP contribution in [0.15, 0.2) is 0 Å². The molecule has 0 aromatic rings. The molecular formula is C9H24N2. The van der Waals surface area contributed by atoms with E-state index in [4.69, 9.17) is 0 Å². The summed E-state index contributed by atoms with van der Waals surface area (Å²) in [5, 5.41) is 3.40. The zero-order chi connectivity index (χ0) is 8.85. The summed E-state index contributed by atoms with van der Waals surface area (Å²) < 4.78 is 0. The molecular weight excluding hydrogens is 136 g/mol. The van der Waals surface area contributed by atoms with Gasteiger partial charge in [-0.15, -0.1) is 0 Å². The van der Waals surface area contributed by atoms with Gasteiger partial charge < -0.3 is 10.2 Å². The van der Waals surface area contributed by atoms with Gasteiger partial charge in [-0.1, -0.05) is 13.8 Å². The van der Waals surface area contributed by atoms with E-state index >= 15 is 0 Å². The standard InChI is InChI=1S/C9H22N2.H2/c1-8(2)10-7-6-9(3)11(4)5;/h8-10H,6-7H2,1-5H3;1H. The van der Waals surface area contributed by atoms with Crippen LogP contribution in [0.3, 0.4) is 0 Å². The van der Waals surface area contributed by atoms with E-state index in [-0.39, 0.29) is 1.43 Å². The van der Waals surface area contributed by atoms with E-state index in [2.05, 4.69) is 45.1 Å². The van der Waals surface area contributed by atoms with E-state index in [9.17, 15) is 0 Å². The number of hydrogen-bond donors (Lipinski definition) is 1. The second-order valence-electron chi connectivity index (χ2n) is 3.71. The maximum atomic E-state index is 3.40. The third-order valence-electron chi connectivity index (χ3n) is 2.00. The lowest BCUT2D eigenvalue weighted by molar-refractivity contribution is 0.293. The van der Waals surface area contributed by atoms with Gasteiger partial charge >= 0.3 is 0 Å². The van der Waals surface area contributed by atoms with Crippen molar-refractivity contribution in [1.29, 1.82) is 0 Å². The van der Waals surface area contributed by atoms with Gasteiger partial charge in [0, 0.05) is 13.5 Å². The summed E-state index contributed by atoms with van der Waals surface area (Å²) in [7, 11) is 4.25. The highest BCUT2D eigenvalue weighted by atomic mass is 15.1. The molecule has 0 saturated carbocycles. The Kier molecular flexibility index (Phi) is 5.51. The highest BCUT2D eigenvalue weighted by molar-refractivity contribution is 4.62. The summed E-state index contributed by atoms with van der Waals surface area (Å²) in [6.45, 7) is 7.74. The van der Waals surface area contributed by atoms with Crippen LogP contribution in [0.2, 0.25) is 0 Å². The first-order valence-electron chi connectivity index (χ1n) is 4.44. The monoisotopic (exact) mass is 160 g/mol. The van der Waals surface area contributed by atoms with Gasteiger partial charge in [0.15, 0.2) is 0 Å². The Labute approximate surface area is 72.5 Å². The lowest BCUT2D eigenvalue weighted by Gasteiger charge is -2.20. The first-order chi connectivity index (χ1) is 5.04. The third-order valence-corrected chi connectivity index (χ3v) is 2.00. The Bertz CT molecular complexity index is 94.5. The number of hydrogen-bond acceptors (Lipinski definition) is 2. The van der Waals surface area contributed by atoms with Crippen LogP contribution in [-0.4, -0.2) is 37.6 Å². The Balaban J connectivity index is 0. The predicted octanol–water partition coefficient (Wildman–Crippen LogP) is 1.57. The van der Waals surface area contributed by atoms with Crippen LogP contribution in [0.4, 0.5) is 0 Å². The van der Waals surface area contributed by atoms with Crippen molar-refractivity contribution in [3.63, 3.8) is 0 Å². The van der Waals surface area contributed by atoms with E-state index in [1.807, 2.05) is 0 Å². The second kappa shape index (κ2) is 5.56. The molecule has 0 aliphatic rings. The SMILES string of the molecule is CC(C)NCCC(C)N(C)C.[HH]. The molecule has 0 aromatic carbocycles. The van der Waals surface area contributed by atoms with E-state index in [0.29, 0.717) is 12.1 Å². The molecule has 0 spiro atoms. The fraction of sp³-hybridized carbons (Fsp3) is 1.00. The van der Waals surface area contributed by atoms with Crippen LogP contribution in [0, 0.1) is 0 Å². The molecule has 11 heavy (non-hydrogen) atoms. The van der Waals surface area contributed by atoms with E-state index in [1.165, 1.54) is 6.42 Å². The minimum absolute atomic E-state index is 0. The van der Waals surface area contributed by atoms with Crippen molar-refractivity contribution >= 4 is 0 Å². The molecule has 0 bridgehead atoms. The maximum Gasteiger partial charge on any atom is 0.00729 e. The summed E-state index contributed by atoms with van der Waals surface area (Å²) in [6, 6.07) is 1.30. The van der Waals surface area contributed by atoms with E-state index in [1.54, 1.807) is 0 Å². The molecule has 0 saturated heterocycles. The van der Waals surface area contributed by atoms with Crippen molar-refractivity contribution in [2.24, 2.45) is 0 Å². The van der Waals surface area contributed by atoms with Gasteiger partial charge in [0.1, 0.15) is 0 Å². The summed E-state index contributed by atoms with van der Waals surface area (Å²) >= 11 is 0. The van der Waals surface area contributed by atoms with Crippen molar-refractivity contribution in [2.75, 3.05) is 20.6 Å². The molecule has 0 rings (SSSR count). The second-order valence-corrected chi connectivity index (χ2v) is 3.71. The smallest absolute Gasteiger partial charge is 0.00729 e. The lowest BCUT2D eigenvalue weighted by Crippen LogP contribution is -2.31. The van der Waals surface area contributed by atoms with Crippen molar-refractivity contribution in [1.82, 2.24) is 10.2 Å². The quantitative estimate of drug-likeness (QED) is 0.657. The minimum atomic E-state index is 0. The Morgan fingerprint density at radius 2 is 1.82 bits per heavy atom. The largest absolute Gasteiger partial charge is 0.314 e. The van der Waals surface area contributed by atoms with Crippen LogP contribution in [0.1, 0.15) is 28.6 Å². The average molecular weight is 160 g/mol. The molecule has 0 radical (unpaired) electrons. The van der Waals surface area contributed by atoms with Crippen molar-refractivity contribution in [3.8, 4) is 0 Å². The Morgan fingerprint density at radius 3 is 2.18 bits per heavy atom. The Hall–Kier alpha value is -0.0800. The van der Waals surface area contributed by atoms with Gasteiger partial charge in [-0.05, 0) is 34.0 Å². The zero-order valence-corrected chi connectivity index (χ0v) is 8.52. The number of rotatable bonds is 5. The predicted molar refractivity (Wildman–Crippen MR) is 53.0 cm³/mol. The minimum Gasteiger partial charge on any atom is -0.314 e. The normalized spacial score (nSPS) is 14.5. The molecule has 0 aliphatic heterocycles. The van der Waals surface area contributed by atoms with Crippen LogP contribution < -0.4 is 5.32 Å². The molecule has 1 N–H and O–H groups in total. The molecule has 1 unspecified atom stereocenters. The van der Waals surface area contributed by atoms with Gasteiger partial charge in [-0.3, -0.25) is 0 Å². The molecule has 2 heteroatoms. The fourth-order valence-electron chi connectivity index (χ4n) is 0.839. The molecule has 0 heterocycles. The molecule has 0 amide bonds. The summed E-state index contributed by atoms with van der Waals surface area (Å²) in [4.78, 5) is 2.25. The van der Waals surface area contributed by atoms with Gasteiger partial charge in [-0.25, -0.2) is 0 Å². The molecule has 2 nitrogen and oxygen atoms in total. The highest BCUT2D eigenvalue weighted by Crippen LogP contribution is 1.96. The molecule has 70 valence electrons. The van der Waals surface area contributed by atoms with E-state index < -0.39 is 0 Å². The van der Waals surface area contributed by atoms with Crippen LogP contribution in [0.5, 0.6) is 0 Å². The third kappa shape index (κ3) is 6.32. The van der Waals surface area contributed by atoms with Gasteiger partial charge in [-0.2, -0.15) is 0 Å². The van der Waals surface area contributed by atoms with Gasteiger partial charge in [0.05, 0.1) is 0 Å². The first kappa shape index (κ1) is 10.9. The average Bonchev–Trinajstić information content (AvgIpc) is 1.86. The van der Waals surface area contributed by atoms with Gasteiger partial charge in [0.2, 0.25) is 0 Å². The van der Waals surface area contributed by atoms with Crippen molar-refractivity contribution in [3.05, 3.63) is 0 Å². The lowest BCUT2D eigenvalue weighted by atomic mass is 10.2. The first-order valence-corrected chi connectivity index (χ1v) is 4.44. The summed E-state index contributed by atoms with van der Waals surface area (Å²) in [5.41, 5.74) is 0. The van der Waals surface area contributed by atoms with Crippen molar-refractivity contribution in [2.45, 2.75) is 39.3 Å². The molecule has 0 aromatic heterocycles. The summed E-state index contributed by atoms with van der Waals surface area (Å²) in [6.07, 6.45) is 1.23. The summed E-state index contributed by atoms with van der Waals surface area (Å²) in [5.74, 6) is 0. The number of nitrogens with one attached hydrogen (secondary N) is 1. The van der Waals surface area contributed by atoms with E-state index in [0.717, 1.165) is 6.54 Å². The van der Waals surface area contributed by atoms with Crippen LogP contribution in [0.25, 0.3) is 0 Å². The topological polar surface area (TPSA) is 15.3 Å². The number of nitrogens with zero attached hydrogens (tertiary/aromatic N) is 1. The fourth-order valence-corrected chi connectivity index (χ4v) is 0.839. The zero-order valence-electron chi connectivity index (χ0n) is 8.52. The van der Waals surface area contributed by atoms with Crippen LogP contribution >= 0.6 is 0 Å². The Morgan fingerprint density at radius 1 is 1.27 bits per heavy atom. The maximum absolute atomic E-state index is 3.40. The van der Waals surface area contributed by atoms with Gasteiger partial charge in [0.25, 0.3) is 0 Å². The van der Waals surface area contributed by atoms with Crippen LogP contribution in [-0.2, 0) is 0 Å². The molecule has 0 fully saturated rings. The van der Waals surface area contributed by atoms with Crippen molar-refractivity contribution < 1.29 is 1.43 Å². The molecule has 0 aliphatic carbocycles.